The molecule has 0 saturated carbocycles. The molecule has 1 amide bonds. The van der Waals surface area contributed by atoms with Crippen molar-refractivity contribution in [3.63, 3.8) is 0 Å². The summed E-state index contributed by atoms with van der Waals surface area (Å²) in [6.45, 7) is 1.95. The Morgan fingerprint density at radius 3 is 2.50 bits per heavy atom. The molecule has 1 saturated heterocycles. The maximum atomic E-state index is 12.5. The molecule has 1 fully saturated rings. The van der Waals surface area contributed by atoms with Crippen LogP contribution in [0.25, 0.3) is 11.3 Å². The van der Waals surface area contributed by atoms with Gasteiger partial charge in [0, 0.05) is 43.7 Å². The molecule has 6 nitrogen and oxygen atoms in total. The van der Waals surface area contributed by atoms with Gasteiger partial charge in [-0.15, -0.1) is 0 Å². The quantitative estimate of drug-likeness (QED) is 0.704. The lowest BCUT2D eigenvalue weighted by Gasteiger charge is -2.32. The van der Waals surface area contributed by atoms with Crippen LogP contribution in [-0.2, 0) is 6.54 Å². The first-order valence-electron chi connectivity index (χ1n) is 9.53. The Hall–Kier alpha value is -3.28. The molecule has 142 valence electrons. The second-order valence-corrected chi connectivity index (χ2v) is 7.08. The van der Waals surface area contributed by atoms with Crippen molar-refractivity contribution in [2.75, 3.05) is 13.1 Å². The van der Waals surface area contributed by atoms with Crippen LogP contribution >= 0.6 is 0 Å². The second-order valence-electron chi connectivity index (χ2n) is 7.08. The highest BCUT2D eigenvalue weighted by atomic mass is 16.2. The smallest absolute Gasteiger partial charge is 0.266 e. The Morgan fingerprint density at radius 1 is 1.00 bits per heavy atom. The van der Waals surface area contributed by atoms with Crippen LogP contribution < -0.4 is 5.56 Å². The number of amides is 1. The summed E-state index contributed by atoms with van der Waals surface area (Å²) in [5.74, 6) is 0.349. The number of likely N-dealkylation sites (tertiary alicyclic amines) is 1. The minimum atomic E-state index is -0.0893. The summed E-state index contributed by atoms with van der Waals surface area (Å²) in [6, 6.07) is 16.8. The van der Waals surface area contributed by atoms with E-state index in [1.165, 1.54) is 0 Å². The average molecular weight is 374 g/mol. The van der Waals surface area contributed by atoms with Gasteiger partial charge in [0.05, 0.1) is 11.3 Å². The third kappa shape index (κ3) is 4.01. The van der Waals surface area contributed by atoms with Gasteiger partial charge < -0.3 is 4.90 Å². The van der Waals surface area contributed by atoms with Gasteiger partial charge in [-0.1, -0.05) is 30.3 Å². The van der Waals surface area contributed by atoms with Gasteiger partial charge in [0.2, 0.25) is 0 Å². The fourth-order valence-electron chi connectivity index (χ4n) is 3.58. The predicted molar refractivity (Wildman–Crippen MR) is 107 cm³/mol. The number of nitrogens with zero attached hydrogens (tertiary/aromatic N) is 4. The first-order chi connectivity index (χ1) is 13.7. The van der Waals surface area contributed by atoms with Gasteiger partial charge in [-0.25, -0.2) is 4.68 Å². The average Bonchev–Trinajstić information content (AvgIpc) is 2.76. The van der Waals surface area contributed by atoms with E-state index in [2.05, 4.69) is 10.1 Å². The van der Waals surface area contributed by atoms with E-state index in [-0.39, 0.29) is 11.5 Å². The Balaban J connectivity index is 1.41. The molecule has 1 aromatic carbocycles. The molecular formula is C22H22N4O2. The number of benzene rings is 1. The molecule has 0 radical (unpaired) electrons. The first-order valence-corrected chi connectivity index (χ1v) is 9.53. The number of carbonyl (C=O) groups is 1. The maximum Gasteiger partial charge on any atom is 0.266 e. The van der Waals surface area contributed by atoms with E-state index in [4.69, 9.17) is 0 Å². The molecule has 4 rings (SSSR count). The predicted octanol–water partition coefficient (Wildman–Crippen LogP) is 2.86. The maximum absolute atomic E-state index is 12.5. The van der Waals surface area contributed by atoms with Crippen LogP contribution in [0.15, 0.2) is 71.8 Å². The second kappa shape index (κ2) is 8.17. The number of carbonyl (C=O) groups excluding carboxylic acids is 1. The molecule has 0 unspecified atom stereocenters. The van der Waals surface area contributed by atoms with Crippen LogP contribution in [-0.4, -0.2) is 38.7 Å². The minimum absolute atomic E-state index is 0.0212. The molecule has 0 N–H and O–H groups in total. The Bertz CT molecular complexity index is 994. The molecule has 3 heterocycles. The van der Waals surface area contributed by atoms with Crippen molar-refractivity contribution in [1.82, 2.24) is 19.7 Å². The summed E-state index contributed by atoms with van der Waals surface area (Å²) in [5, 5.41) is 4.55. The summed E-state index contributed by atoms with van der Waals surface area (Å²) in [7, 11) is 0. The van der Waals surface area contributed by atoms with Crippen LogP contribution in [0.2, 0.25) is 0 Å². The van der Waals surface area contributed by atoms with Crippen LogP contribution in [0.5, 0.6) is 0 Å². The monoisotopic (exact) mass is 374 g/mol. The molecule has 1 aliphatic heterocycles. The van der Waals surface area contributed by atoms with E-state index in [0.29, 0.717) is 31.1 Å². The lowest BCUT2D eigenvalue weighted by molar-refractivity contribution is 0.0680. The Labute approximate surface area is 163 Å². The van der Waals surface area contributed by atoms with Crippen molar-refractivity contribution in [3.05, 3.63) is 82.9 Å². The summed E-state index contributed by atoms with van der Waals surface area (Å²) in [6.07, 6.45) is 4.98. The number of pyridine rings is 1. The van der Waals surface area contributed by atoms with Crippen LogP contribution in [0.1, 0.15) is 23.2 Å². The SMILES string of the molecule is O=C(c1cccnc1)N1CCC(Cn2nc(-c3ccccc3)ccc2=O)CC1. The molecule has 1 aliphatic rings. The van der Waals surface area contributed by atoms with E-state index < -0.39 is 0 Å². The van der Waals surface area contributed by atoms with Crippen molar-refractivity contribution in [2.45, 2.75) is 19.4 Å². The van der Waals surface area contributed by atoms with E-state index in [1.807, 2.05) is 35.2 Å². The molecule has 0 aliphatic carbocycles. The normalized spacial score (nSPS) is 14.8. The highest BCUT2D eigenvalue weighted by Gasteiger charge is 2.24. The van der Waals surface area contributed by atoms with E-state index in [9.17, 15) is 9.59 Å². The lowest BCUT2D eigenvalue weighted by Crippen LogP contribution is -2.40. The highest BCUT2D eigenvalue weighted by molar-refractivity contribution is 5.93. The number of hydrogen-bond donors (Lipinski definition) is 0. The highest BCUT2D eigenvalue weighted by Crippen LogP contribution is 2.21. The zero-order valence-corrected chi connectivity index (χ0v) is 15.6. The largest absolute Gasteiger partial charge is 0.339 e. The standard InChI is InChI=1S/C22H22N4O2/c27-21-9-8-20(18-5-2-1-3-6-18)24-26(21)16-17-10-13-25(14-11-17)22(28)19-7-4-12-23-15-19/h1-9,12,15,17H,10-11,13-14,16H2. The summed E-state index contributed by atoms with van der Waals surface area (Å²) in [5.41, 5.74) is 2.32. The van der Waals surface area contributed by atoms with Gasteiger partial charge in [0.15, 0.2) is 0 Å². The summed E-state index contributed by atoms with van der Waals surface area (Å²) >= 11 is 0. The van der Waals surface area contributed by atoms with Gasteiger partial charge >= 0.3 is 0 Å². The number of rotatable bonds is 4. The molecular weight excluding hydrogens is 352 g/mol. The molecule has 2 aromatic heterocycles. The number of hydrogen-bond acceptors (Lipinski definition) is 4. The topological polar surface area (TPSA) is 68.1 Å². The molecule has 6 heteroatoms. The minimum Gasteiger partial charge on any atom is -0.339 e. The molecule has 0 bridgehead atoms. The van der Waals surface area contributed by atoms with Crippen molar-refractivity contribution in [2.24, 2.45) is 5.92 Å². The first kappa shape index (κ1) is 18.1. The van der Waals surface area contributed by atoms with E-state index >= 15 is 0 Å². The van der Waals surface area contributed by atoms with Gasteiger partial charge in [0.25, 0.3) is 11.5 Å². The summed E-state index contributed by atoms with van der Waals surface area (Å²) < 4.78 is 1.56. The van der Waals surface area contributed by atoms with E-state index in [1.54, 1.807) is 41.3 Å². The summed E-state index contributed by atoms with van der Waals surface area (Å²) in [4.78, 5) is 30.7. The number of aromatic nitrogens is 3. The third-order valence-electron chi connectivity index (χ3n) is 5.18. The fraction of sp³-hybridized carbons (Fsp3) is 0.273. The van der Waals surface area contributed by atoms with Gasteiger partial charge in [0.1, 0.15) is 0 Å². The van der Waals surface area contributed by atoms with Crippen LogP contribution in [0, 0.1) is 5.92 Å². The molecule has 28 heavy (non-hydrogen) atoms. The van der Waals surface area contributed by atoms with Gasteiger partial charge in [-0.2, -0.15) is 5.10 Å². The van der Waals surface area contributed by atoms with Crippen molar-refractivity contribution >= 4 is 5.91 Å². The molecule has 0 spiro atoms. The third-order valence-corrected chi connectivity index (χ3v) is 5.18. The number of piperidine rings is 1. The molecule has 3 aromatic rings. The zero-order valence-electron chi connectivity index (χ0n) is 15.6. The zero-order chi connectivity index (χ0) is 19.3. The fourth-order valence-corrected chi connectivity index (χ4v) is 3.58. The van der Waals surface area contributed by atoms with Crippen LogP contribution in [0.4, 0.5) is 0 Å². The van der Waals surface area contributed by atoms with Gasteiger partial charge in [-0.3, -0.25) is 14.6 Å². The van der Waals surface area contributed by atoms with Crippen molar-refractivity contribution in [3.8, 4) is 11.3 Å². The van der Waals surface area contributed by atoms with E-state index in [0.717, 1.165) is 24.1 Å². The molecule has 0 atom stereocenters. The van der Waals surface area contributed by atoms with Crippen LogP contribution in [0.3, 0.4) is 0 Å². The lowest BCUT2D eigenvalue weighted by atomic mass is 9.96. The Morgan fingerprint density at radius 2 is 1.79 bits per heavy atom. The van der Waals surface area contributed by atoms with Crippen molar-refractivity contribution < 1.29 is 4.79 Å². The Kier molecular flexibility index (Phi) is 5.28. The van der Waals surface area contributed by atoms with Crippen molar-refractivity contribution in [1.29, 1.82) is 0 Å². The van der Waals surface area contributed by atoms with Gasteiger partial charge in [-0.05, 0) is 37.0 Å².